The number of rotatable bonds is 8. The number of aryl methyl sites for hydroxylation is 3. The molecule has 10 heteroatoms. The third-order valence-corrected chi connectivity index (χ3v) is 12.7. The largest absolute Gasteiger partial charge is 0.307 e. The Kier molecular flexibility index (Phi) is 9.88. The number of carbonyl (C=O) groups excluding carboxylic acids is 2. The topological polar surface area (TPSA) is 120 Å². The van der Waals surface area contributed by atoms with E-state index in [9.17, 15) is 4.79 Å². The van der Waals surface area contributed by atoms with Crippen LogP contribution in [0.3, 0.4) is 0 Å². The van der Waals surface area contributed by atoms with Crippen LogP contribution in [0.25, 0.3) is 95.8 Å². The van der Waals surface area contributed by atoms with Gasteiger partial charge in [-0.05, 0) is 56.2 Å². The fourth-order valence-corrected chi connectivity index (χ4v) is 9.76. The van der Waals surface area contributed by atoms with Gasteiger partial charge in [-0.3, -0.25) is 9.59 Å². The number of hydrogen-bond acceptors (Lipinski definition) is 8. The summed E-state index contributed by atoms with van der Waals surface area (Å²) >= 11 is 0. The van der Waals surface area contributed by atoms with Gasteiger partial charge in [0.1, 0.15) is 0 Å². The van der Waals surface area contributed by atoms with Crippen LogP contribution in [0.4, 0.5) is 5.69 Å². The monoisotopic (exact) mass is 892 g/mol. The van der Waals surface area contributed by atoms with Gasteiger partial charge >= 0.3 is 0 Å². The van der Waals surface area contributed by atoms with Crippen LogP contribution >= 0.6 is 0 Å². The van der Waals surface area contributed by atoms with Gasteiger partial charge in [0.25, 0.3) is 11.8 Å². The molecular formula is C59H40N8O2. The Labute approximate surface area is 397 Å². The van der Waals surface area contributed by atoms with Gasteiger partial charge in [0, 0.05) is 44.2 Å². The maximum atomic E-state index is 15.3. The molecule has 1 aliphatic rings. The summed E-state index contributed by atoms with van der Waals surface area (Å²) in [5.41, 5.74) is 10.5. The van der Waals surface area contributed by atoms with E-state index < -0.39 is 5.91 Å². The number of aromatic nitrogens is 7. The Morgan fingerprint density at radius 3 is 1.13 bits per heavy atom. The third kappa shape index (κ3) is 6.96. The molecule has 0 N–H and O–H groups in total. The number of carbonyl (C=O) groups is 2. The summed E-state index contributed by atoms with van der Waals surface area (Å²) in [7, 11) is 0. The van der Waals surface area contributed by atoms with Gasteiger partial charge in [0.15, 0.2) is 34.9 Å². The van der Waals surface area contributed by atoms with Crippen LogP contribution in [0, 0.1) is 20.8 Å². The summed E-state index contributed by atoms with van der Waals surface area (Å²) in [5.74, 6) is 2.09. The van der Waals surface area contributed by atoms with E-state index in [-0.39, 0.29) is 11.5 Å². The molecule has 0 saturated carbocycles. The second-order valence-corrected chi connectivity index (χ2v) is 17.2. The number of hydrogen-bond donors (Lipinski definition) is 0. The van der Waals surface area contributed by atoms with Crippen LogP contribution in [0.1, 0.15) is 37.4 Å². The highest BCUT2D eigenvalue weighted by molar-refractivity contribution is 6.36. The molecule has 11 aromatic rings. The number of nitrogens with zero attached hydrogens (tertiary/aromatic N) is 8. The van der Waals surface area contributed by atoms with Crippen LogP contribution < -0.4 is 4.90 Å². The number of benzene rings is 8. The molecule has 2 amide bonds. The normalized spacial score (nSPS) is 12.3. The predicted molar refractivity (Wildman–Crippen MR) is 272 cm³/mol. The van der Waals surface area contributed by atoms with Gasteiger partial charge in [0.05, 0.1) is 33.5 Å². The molecule has 10 nitrogen and oxygen atoms in total. The molecule has 0 radical (unpaired) electrons. The Bertz CT molecular complexity index is 3530. The van der Waals surface area contributed by atoms with Crippen LogP contribution in [0.2, 0.25) is 0 Å². The molecule has 0 spiro atoms. The lowest BCUT2D eigenvalue weighted by molar-refractivity contribution is 0.0925. The molecule has 69 heavy (non-hydrogen) atoms. The smallest absolute Gasteiger partial charge is 0.268 e. The van der Waals surface area contributed by atoms with Crippen molar-refractivity contribution in [2.45, 2.75) is 20.8 Å². The van der Waals surface area contributed by atoms with Gasteiger partial charge in [-0.2, -0.15) is 0 Å². The van der Waals surface area contributed by atoms with E-state index in [4.69, 9.17) is 29.9 Å². The molecule has 0 atom stereocenters. The van der Waals surface area contributed by atoms with Crippen molar-refractivity contribution < 1.29 is 9.59 Å². The Balaban J connectivity index is 1.19. The van der Waals surface area contributed by atoms with Gasteiger partial charge in [-0.15, -0.1) is 0 Å². The predicted octanol–water partition coefficient (Wildman–Crippen LogP) is 12.9. The second-order valence-electron chi connectivity index (χ2n) is 17.2. The zero-order valence-corrected chi connectivity index (χ0v) is 37.8. The average Bonchev–Trinajstić information content (AvgIpc) is 3.87. The highest BCUT2D eigenvalue weighted by Gasteiger charge is 2.41. The molecule has 0 bridgehead atoms. The number of para-hydroxylation sites is 2. The number of amides is 2. The highest BCUT2D eigenvalue weighted by atomic mass is 16.2. The van der Waals surface area contributed by atoms with Crippen molar-refractivity contribution >= 4 is 39.3 Å². The van der Waals surface area contributed by atoms with Crippen molar-refractivity contribution in [2.24, 2.45) is 0 Å². The number of imide groups is 1. The van der Waals surface area contributed by atoms with Gasteiger partial charge in [-0.25, -0.2) is 34.8 Å². The molecule has 4 heterocycles. The maximum Gasteiger partial charge on any atom is 0.268 e. The maximum absolute atomic E-state index is 15.3. The van der Waals surface area contributed by atoms with Crippen LogP contribution in [-0.2, 0) is 0 Å². The highest BCUT2D eigenvalue weighted by Crippen LogP contribution is 2.44. The molecule has 12 rings (SSSR count). The van der Waals surface area contributed by atoms with E-state index >= 15 is 4.79 Å². The average molecular weight is 893 g/mol. The molecule has 0 fully saturated rings. The van der Waals surface area contributed by atoms with Crippen molar-refractivity contribution in [1.82, 2.24) is 34.5 Å². The van der Waals surface area contributed by atoms with Gasteiger partial charge in [0.2, 0.25) is 0 Å². The van der Waals surface area contributed by atoms with Gasteiger partial charge < -0.3 is 4.57 Å². The van der Waals surface area contributed by atoms with Gasteiger partial charge in [-0.1, -0.05) is 169 Å². The van der Waals surface area contributed by atoms with Crippen molar-refractivity contribution in [1.29, 1.82) is 0 Å². The molecule has 328 valence electrons. The number of fused-ring (bicyclic) bond motifs is 4. The minimum absolute atomic E-state index is 0.279. The van der Waals surface area contributed by atoms with Crippen molar-refractivity contribution in [2.75, 3.05) is 4.90 Å². The third-order valence-electron chi connectivity index (χ3n) is 12.7. The second kappa shape index (κ2) is 16.6. The zero-order chi connectivity index (χ0) is 46.8. The molecular weight excluding hydrogens is 853 g/mol. The molecule has 3 aromatic heterocycles. The van der Waals surface area contributed by atoms with E-state index in [1.54, 1.807) is 6.07 Å². The molecule has 1 aliphatic heterocycles. The Morgan fingerprint density at radius 2 is 0.725 bits per heavy atom. The van der Waals surface area contributed by atoms with Crippen LogP contribution in [-0.4, -0.2) is 46.3 Å². The summed E-state index contributed by atoms with van der Waals surface area (Å²) in [6.45, 7) is 5.89. The standard InChI is InChI=1S/C59H40N8O2/c1-35-33-36(2)49(37(3)34-35)67-58(68)44-29-18-32-47(48(44)59(67)69)66-50-42(27-16-30-45(50)56-62-52(38-19-8-4-9-20-38)60-53(63-56)39-21-10-5-11-22-39)43-28-17-31-46(51(43)66)57-64-54(40-23-12-6-13-24-40)61-55(65-57)41-25-14-7-15-26-41/h4-34H,1-3H3. The fraction of sp³-hybridized carbons (Fsp3) is 0.0508. The summed E-state index contributed by atoms with van der Waals surface area (Å²) in [6.07, 6.45) is 0. The summed E-state index contributed by atoms with van der Waals surface area (Å²) < 4.78 is 2.08. The summed E-state index contributed by atoms with van der Waals surface area (Å²) in [6, 6.07) is 61.1. The minimum Gasteiger partial charge on any atom is -0.307 e. The molecule has 0 aliphatic carbocycles. The van der Waals surface area contributed by atoms with Crippen molar-refractivity contribution in [3.05, 3.63) is 216 Å². The quantitative estimate of drug-likeness (QED) is 0.138. The minimum atomic E-state index is -0.415. The first-order chi connectivity index (χ1) is 33.8. The molecule has 8 aromatic carbocycles. The lowest BCUT2D eigenvalue weighted by Gasteiger charge is -2.20. The van der Waals surface area contributed by atoms with E-state index in [0.717, 1.165) is 60.8 Å². The Hall–Kier alpha value is -9.28. The lowest BCUT2D eigenvalue weighted by Crippen LogP contribution is -2.31. The van der Waals surface area contributed by atoms with Crippen molar-refractivity contribution in [3.63, 3.8) is 0 Å². The van der Waals surface area contributed by atoms with Crippen LogP contribution in [0.15, 0.2) is 188 Å². The lowest BCUT2D eigenvalue weighted by atomic mass is 10.0. The fourth-order valence-electron chi connectivity index (χ4n) is 9.76. The van der Waals surface area contributed by atoms with Crippen molar-refractivity contribution in [3.8, 4) is 74.0 Å². The summed E-state index contributed by atoms with van der Waals surface area (Å²) in [4.78, 5) is 62.2. The first-order valence-electron chi connectivity index (χ1n) is 22.7. The molecule has 0 unspecified atom stereocenters. The SMILES string of the molecule is Cc1cc(C)c(N2C(=O)c3cccc(-n4c5c(-c6nc(-c7ccccc7)nc(-c7ccccc7)n6)cccc5c5cccc(-c6nc(-c7ccccc7)nc(-c7ccccc7)n6)c54)c3C2=O)c(C)c1. The summed E-state index contributed by atoms with van der Waals surface area (Å²) in [5, 5.41) is 1.73. The first kappa shape index (κ1) is 41.2. The van der Waals surface area contributed by atoms with E-state index in [0.29, 0.717) is 63.0 Å². The number of anilines is 1. The first-order valence-corrected chi connectivity index (χ1v) is 22.7. The van der Waals surface area contributed by atoms with E-state index in [1.165, 1.54) is 4.90 Å². The van der Waals surface area contributed by atoms with E-state index in [1.807, 2.05) is 191 Å². The zero-order valence-electron chi connectivity index (χ0n) is 37.8. The molecule has 0 saturated heterocycles. The van der Waals surface area contributed by atoms with E-state index in [2.05, 4.69) is 16.7 Å². The Morgan fingerprint density at radius 1 is 0.362 bits per heavy atom. The van der Waals surface area contributed by atoms with Crippen LogP contribution in [0.5, 0.6) is 0 Å².